The Bertz CT molecular complexity index is 1360. The van der Waals surface area contributed by atoms with E-state index in [2.05, 4.69) is 27.1 Å². The van der Waals surface area contributed by atoms with Gasteiger partial charge in [0.2, 0.25) is 5.78 Å². The standard InChI is InChI=1S/C20H20N5O6PS/c26-14-15-12(10-29-32(28)31-15)30-18(14)25-16-13(17(27)24-8-7-21-19(24)23-16)22-20(25)33-9-6-11-4-2-1-3-5-11/h1-5,7-8,12,14-15,18,26,28H,6,9-10H2,(H,21,23)/t12?,14?,15-,18-,32?/m1/s1. The summed E-state index contributed by atoms with van der Waals surface area (Å²) >= 11 is 1.45. The molecule has 11 nitrogen and oxygen atoms in total. The van der Waals surface area contributed by atoms with E-state index in [0.29, 0.717) is 22.3 Å². The van der Waals surface area contributed by atoms with Crippen molar-refractivity contribution in [1.82, 2.24) is 23.9 Å². The van der Waals surface area contributed by atoms with Crippen LogP contribution < -0.4 is 5.56 Å². The minimum absolute atomic E-state index is 0.0977. The molecule has 2 saturated heterocycles. The van der Waals surface area contributed by atoms with Crippen LogP contribution in [0.2, 0.25) is 0 Å². The van der Waals surface area contributed by atoms with Crippen molar-refractivity contribution in [3.05, 3.63) is 58.6 Å². The van der Waals surface area contributed by atoms with E-state index in [1.165, 1.54) is 21.7 Å². The maximum absolute atomic E-state index is 13.0. The number of aryl methyl sites for hydroxylation is 1. The number of imidazole rings is 2. The highest BCUT2D eigenvalue weighted by molar-refractivity contribution is 7.99. The Morgan fingerprint density at radius 3 is 2.97 bits per heavy atom. The van der Waals surface area contributed by atoms with Gasteiger partial charge in [-0.25, -0.2) is 4.98 Å². The van der Waals surface area contributed by atoms with Gasteiger partial charge in [-0.15, -0.1) is 0 Å². The predicted molar refractivity (Wildman–Crippen MR) is 120 cm³/mol. The summed E-state index contributed by atoms with van der Waals surface area (Å²) in [5.74, 6) is 1.06. The average Bonchev–Trinajstić information content (AvgIpc) is 3.51. The number of aliphatic hydroxyl groups is 1. The summed E-state index contributed by atoms with van der Waals surface area (Å²) in [5.41, 5.74) is 1.36. The SMILES string of the molecule is O=c1c2nc(SCCc3ccccc3)n([C@@H]3OC4COP(O)O[C@H]4C3O)c2nc2[nH]ccn12. The van der Waals surface area contributed by atoms with Crippen LogP contribution in [-0.4, -0.2) is 64.6 Å². The molecule has 0 radical (unpaired) electrons. The third-order valence-corrected chi connectivity index (χ3v) is 7.49. The first-order chi connectivity index (χ1) is 16.1. The van der Waals surface area contributed by atoms with E-state index in [4.69, 9.17) is 13.8 Å². The Morgan fingerprint density at radius 1 is 1.27 bits per heavy atom. The first kappa shape index (κ1) is 21.2. The van der Waals surface area contributed by atoms with Gasteiger partial charge in [-0.1, -0.05) is 42.1 Å². The highest BCUT2D eigenvalue weighted by Crippen LogP contribution is 2.47. The molecule has 3 unspecified atom stereocenters. The zero-order chi connectivity index (χ0) is 22.5. The summed E-state index contributed by atoms with van der Waals surface area (Å²) in [6, 6.07) is 10.1. The summed E-state index contributed by atoms with van der Waals surface area (Å²) < 4.78 is 19.7. The fraction of sp³-hybridized carbons (Fsp3) is 0.350. The van der Waals surface area contributed by atoms with Gasteiger partial charge in [-0.3, -0.25) is 13.8 Å². The fourth-order valence-corrected chi connectivity index (χ4v) is 5.96. The highest BCUT2D eigenvalue weighted by atomic mass is 32.2. The van der Waals surface area contributed by atoms with Gasteiger partial charge in [0.15, 0.2) is 22.5 Å². The molecule has 1 aromatic carbocycles. The van der Waals surface area contributed by atoms with Crippen LogP contribution in [0.4, 0.5) is 0 Å². The van der Waals surface area contributed by atoms with Crippen molar-refractivity contribution in [1.29, 1.82) is 0 Å². The maximum atomic E-state index is 13.0. The molecule has 2 aliphatic heterocycles. The number of H-pyrrole nitrogens is 1. The molecule has 3 N–H and O–H groups in total. The molecular formula is C20H20N5O6PS. The summed E-state index contributed by atoms with van der Waals surface area (Å²) in [4.78, 5) is 34.9. The van der Waals surface area contributed by atoms with Crippen molar-refractivity contribution >= 4 is 37.3 Å². The number of fused-ring (bicyclic) bond motifs is 3. The summed E-state index contributed by atoms with van der Waals surface area (Å²) in [6.07, 6.45) is 0.681. The quantitative estimate of drug-likeness (QED) is 0.282. The van der Waals surface area contributed by atoms with Crippen molar-refractivity contribution in [3.8, 4) is 0 Å². The van der Waals surface area contributed by atoms with E-state index >= 15 is 0 Å². The Kier molecular flexibility index (Phi) is 5.46. The lowest BCUT2D eigenvalue weighted by atomic mass is 10.1. The number of rotatable bonds is 5. The molecule has 4 aromatic rings. The molecule has 0 spiro atoms. The van der Waals surface area contributed by atoms with Crippen LogP contribution in [0.25, 0.3) is 16.9 Å². The van der Waals surface area contributed by atoms with E-state index in [1.54, 1.807) is 17.0 Å². The van der Waals surface area contributed by atoms with Gasteiger partial charge >= 0.3 is 8.60 Å². The van der Waals surface area contributed by atoms with Crippen molar-refractivity contribution in [2.75, 3.05) is 12.4 Å². The van der Waals surface area contributed by atoms with Gasteiger partial charge in [-0.05, 0) is 12.0 Å². The molecule has 172 valence electrons. The summed E-state index contributed by atoms with van der Waals surface area (Å²) in [6.45, 7) is 0.0977. The van der Waals surface area contributed by atoms with E-state index in [-0.39, 0.29) is 17.7 Å². The number of aliphatic hydroxyl groups excluding tert-OH is 1. The minimum atomic E-state index is -2.07. The lowest BCUT2D eigenvalue weighted by molar-refractivity contribution is -0.0614. The van der Waals surface area contributed by atoms with Crippen LogP contribution in [0.1, 0.15) is 11.8 Å². The number of aromatic nitrogens is 5. The third kappa shape index (κ3) is 3.68. The number of hydrogen-bond acceptors (Lipinski definition) is 9. The lowest BCUT2D eigenvalue weighted by Crippen LogP contribution is -2.38. The molecule has 0 bridgehead atoms. The molecular weight excluding hydrogens is 469 g/mol. The fourth-order valence-electron chi connectivity index (χ4n) is 4.15. The lowest BCUT2D eigenvalue weighted by Gasteiger charge is -2.27. The van der Waals surface area contributed by atoms with Crippen LogP contribution >= 0.6 is 20.4 Å². The second-order valence-electron chi connectivity index (χ2n) is 7.75. The Hall–Kier alpha value is -2.31. The molecule has 6 rings (SSSR count). The topological polar surface area (TPSA) is 136 Å². The van der Waals surface area contributed by atoms with Gasteiger partial charge in [0, 0.05) is 18.1 Å². The van der Waals surface area contributed by atoms with Gasteiger partial charge < -0.3 is 28.8 Å². The zero-order valence-corrected chi connectivity index (χ0v) is 18.9. The first-order valence-corrected chi connectivity index (χ1v) is 12.5. The second-order valence-corrected chi connectivity index (χ2v) is 9.76. The molecule has 0 aliphatic carbocycles. The number of ether oxygens (including phenoxy) is 1. The molecule has 13 heteroatoms. The highest BCUT2D eigenvalue weighted by Gasteiger charge is 2.50. The molecule has 3 aromatic heterocycles. The number of nitrogens with zero attached hydrogens (tertiary/aromatic N) is 4. The van der Waals surface area contributed by atoms with Crippen molar-refractivity contribution in [3.63, 3.8) is 0 Å². The van der Waals surface area contributed by atoms with Crippen LogP contribution in [0.5, 0.6) is 0 Å². The second kappa shape index (κ2) is 8.48. The number of thioether (sulfide) groups is 1. The van der Waals surface area contributed by atoms with Gasteiger partial charge in [0.05, 0.1) is 6.61 Å². The van der Waals surface area contributed by atoms with Crippen LogP contribution in [0, 0.1) is 0 Å². The first-order valence-electron chi connectivity index (χ1n) is 10.4. The third-order valence-electron chi connectivity index (χ3n) is 5.74. The van der Waals surface area contributed by atoms with Crippen molar-refractivity contribution in [2.45, 2.75) is 36.1 Å². The van der Waals surface area contributed by atoms with Crippen molar-refractivity contribution < 1.29 is 23.8 Å². The number of nitrogens with one attached hydrogen (secondary N) is 1. The Labute approximate surface area is 192 Å². The zero-order valence-electron chi connectivity index (χ0n) is 17.1. The molecule has 0 saturated carbocycles. The molecule has 5 heterocycles. The van der Waals surface area contributed by atoms with Crippen molar-refractivity contribution in [2.24, 2.45) is 0 Å². The van der Waals surface area contributed by atoms with E-state index in [0.717, 1.165) is 6.42 Å². The Balaban J connectivity index is 1.40. The number of benzene rings is 1. The smallest absolute Gasteiger partial charge is 0.330 e. The Morgan fingerprint density at radius 2 is 2.12 bits per heavy atom. The monoisotopic (exact) mass is 489 g/mol. The molecule has 2 aliphatic rings. The van der Waals surface area contributed by atoms with Crippen LogP contribution in [-0.2, 0) is 20.2 Å². The average molecular weight is 489 g/mol. The predicted octanol–water partition coefficient (Wildman–Crippen LogP) is 1.60. The molecule has 2 fully saturated rings. The normalized spacial score (nSPS) is 27.4. The summed E-state index contributed by atoms with van der Waals surface area (Å²) in [5, 5.41) is 11.5. The van der Waals surface area contributed by atoms with Crippen LogP contribution in [0.15, 0.2) is 52.7 Å². The maximum Gasteiger partial charge on any atom is 0.330 e. The molecule has 0 amide bonds. The molecule has 33 heavy (non-hydrogen) atoms. The van der Waals surface area contributed by atoms with E-state index in [9.17, 15) is 14.8 Å². The van der Waals surface area contributed by atoms with Gasteiger partial charge in [-0.2, -0.15) is 4.98 Å². The van der Waals surface area contributed by atoms with E-state index < -0.39 is 33.1 Å². The number of aromatic amines is 1. The van der Waals surface area contributed by atoms with E-state index in [1.807, 2.05) is 18.2 Å². The van der Waals surface area contributed by atoms with Gasteiger partial charge in [0.25, 0.3) is 5.56 Å². The number of hydrogen-bond donors (Lipinski definition) is 3. The summed E-state index contributed by atoms with van der Waals surface area (Å²) in [7, 11) is -2.07. The van der Waals surface area contributed by atoms with Crippen LogP contribution in [0.3, 0.4) is 0 Å². The molecule has 5 atom stereocenters. The van der Waals surface area contributed by atoms with Gasteiger partial charge in [0.1, 0.15) is 18.3 Å². The largest absolute Gasteiger partial charge is 0.386 e. The minimum Gasteiger partial charge on any atom is -0.386 e.